The minimum atomic E-state index is -0.788. The monoisotopic (exact) mass is 564 g/mol. The van der Waals surface area contributed by atoms with Crippen LogP contribution in [0, 0.1) is 11.6 Å². The molecule has 37 heavy (non-hydrogen) atoms. The highest BCUT2D eigenvalue weighted by molar-refractivity contribution is 9.10. The fraction of sp³-hybridized carbons (Fsp3) is 0.0385. The van der Waals surface area contributed by atoms with Crippen molar-refractivity contribution in [1.29, 1.82) is 0 Å². The zero-order valence-electron chi connectivity index (χ0n) is 19.0. The third kappa shape index (κ3) is 5.51. The molecule has 11 heteroatoms. The molecule has 8 nitrogen and oxygen atoms in total. The van der Waals surface area contributed by atoms with Crippen LogP contribution in [0.4, 0.5) is 30.8 Å². The van der Waals surface area contributed by atoms with Gasteiger partial charge in [0.25, 0.3) is 0 Å². The number of hydrogen-bond donors (Lipinski definition) is 4. The summed E-state index contributed by atoms with van der Waals surface area (Å²) in [5.41, 5.74) is 3.05. The molecule has 0 unspecified atom stereocenters. The highest BCUT2D eigenvalue weighted by atomic mass is 79.9. The van der Waals surface area contributed by atoms with Crippen molar-refractivity contribution in [3.8, 4) is 17.0 Å². The fourth-order valence-electron chi connectivity index (χ4n) is 3.76. The van der Waals surface area contributed by atoms with Gasteiger partial charge in [0.15, 0.2) is 5.65 Å². The van der Waals surface area contributed by atoms with Crippen molar-refractivity contribution in [3.63, 3.8) is 0 Å². The molecule has 0 aliphatic rings. The minimum absolute atomic E-state index is 0.000153. The van der Waals surface area contributed by atoms with Crippen molar-refractivity contribution < 1.29 is 18.7 Å². The molecule has 0 saturated heterocycles. The number of urea groups is 1. The molecule has 0 spiro atoms. The number of fused-ring (bicyclic) bond motifs is 1. The van der Waals surface area contributed by atoms with Crippen LogP contribution in [-0.4, -0.2) is 25.7 Å². The Bertz CT molecular complexity index is 1600. The molecular formula is C26H19BrF2N6O2. The number of aromatic hydroxyl groups is 1. The molecule has 0 fully saturated rings. The number of para-hydroxylation sites is 1. The maximum Gasteiger partial charge on any atom is 0.323 e. The van der Waals surface area contributed by atoms with E-state index >= 15 is 0 Å². The van der Waals surface area contributed by atoms with Gasteiger partial charge in [0.05, 0.1) is 16.4 Å². The van der Waals surface area contributed by atoms with E-state index in [1.807, 2.05) is 12.1 Å². The first-order chi connectivity index (χ1) is 17.9. The van der Waals surface area contributed by atoms with Crippen molar-refractivity contribution in [2.24, 2.45) is 0 Å². The maximum absolute atomic E-state index is 13.4. The molecule has 3 aromatic carbocycles. The summed E-state index contributed by atoms with van der Waals surface area (Å²) < 4.78 is 29.1. The number of anilines is 3. The third-order valence-corrected chi connectivity index (χ3v) is 5.95. The Labute approximate surface area is 218 Å². The van der Waals surface area contributed by atoms with Gasteiger partial charge in [-0.1, -0.05) is 24.3 Å². The molecular weight excluding hydrogens is 546 g/mol. The zero-order chi connectivity index (χ0) is 25.9. The summed E-state index contributed by atoms with van der Waals surface area (Å²) in [6.07, 6.45) is 1.63. The first-order valence-electron chi connectivity index (χ1n) is 11.1. The van der Waals surface area contributed by atoms with E-state index in [0.29, 0.717) is 39.4 Å². The molecule has 5 rings (SSSR count). The van der Waals surface area contributed by atoms with Crippen LogP contribution in [0.15, 0.2) is 83.5 Å². The van der Waals surface area contributed by atoms with Crippen molar-refractivity contribution in [1.82, 2.24) is 14.6 Å². The van der Waals surface area contributed by atoms with Gasteiger partial charge in [0, 0.05) is 35.6 Å². The lowest BCUT2D eigenvalue weighted by atomic mass is 10.1. The maximum atomic E-state index is 13.4. The predicted octanol–water partition coefficient (Wildman–Crippen LogP) is 6.40. The summed E-state index contributed by atoms with van der Waals surface area (Å²) in [7, 11) is 0. The van der Waals surface area contributed by atoms with Crippen molar-refractivity contribution >= 4 is 44.8 Å². The number of benzene rings is 3. The quantitative estimate of drug-likeness (QED) is 0.191. The van der Waals surface area contributed by atoms with E-state index in [1.54, 1.807) is 53.2 Å². The Balaban J connectivity index is 1.33. The molecule has 5 aromatic rings. The Morgan fingerprint density at radius 1 is 0.946 bits per heavy atom. The van der Waals surface area contributed by atoms with Gasteiger partial charge in [-0.25, -0.2) is 18.6 Å². The van der Waals surface area contributed by atoms with Gasteiger partial charge in [0.1, 0.15) is 23.2 Å². The summed E-state index contributed by atoms with van der Waals surface area (Å²) in [6.45, 7) is 0.378. The summed E-state index contributed by atoms with van der Waals surface area (Å²) in [6, 6.07) is 18.0. The average Bonchev–Trinajstić information content (AvgIpc) is 3.23. The molecule has 0 atom stereocenters. The molecule has 0 aliphatic heterocycles. The Kier molecular flexibility index (Phi) is 6.69. The van der Waals surface area contributed by atoms with Gasteiger partial charge >= 0.3 is 6.03 Å². The minimum Gasteiger partial charge on any atom is -0.507 e. The highest BCUT2D eigenvalue weighted by Gasteiger charge is 2.14. The van der Waals surface area contributed by atoms with Crippen molar-refractivity contribution in [2.45, 2.75) is 6.54 Å². The predicted molar refractivity (Wildman–Crippen MR) is 141 cm³/mol. The Morgan fingerprint density at radius 2 is 1.70 bits per heavy atom. The van der Waals surface area contributed by atoms with Crippen molar-refractivity contribution in [2.75, 3.05) is 16.0 Å². The molecule has 0 saturated carbocycles. The summed E-state index contributed by atoms with van der Waals surface area (Å²) in [4.78, 5) is 16.9. The Hall–Kier alpha value is -4.51. The lowest BCUT2D eigenvalue weighted by Gasteiger charge is -2.13. The van der Waals surface area contributed by atoms with Crippen LogP contribution in [0.2, 0.25) is 0 Å². The lowest BCUT2D eigenvalue weighted by molar-refractivity contribution is 0.262. The summed E-state index contributed by atoms with van der Waals surface area (Å²) in [5.74, 6) is -0.830. The number of hydrogen-bond acceptors (Lipinski definition) is 5. The van der Waals surface area contributed by atoms with Gasteiger partial charge in [-0.05, 0) is 57.9 Å². The number of phenols is 1. The molecule has 0 radical (unpaired) electrons. The first kappa shape index (κ1) is 24.2. The van der Waals surface area contributed by atoms with Gasteiger partial charge in [-0.3, -0.25) is 0 Å². The van der Waals surface area contributed by atoms with Gasteiger partial charge in [-0.2, -0.15) is 9.61 Å². The molecule has 4 N–H and O–H groups in total. The summed E-state index contributed by atoms with van der Waals surface area (Å²) in [5, 5.41) is 23.1. The second kappa shape index (κ2) is 10.2. The van der Waals surface area contributed by atoms with Crippen LogP contribution in [-0.2, 0) is 6.54 Å². The van der Waals surface area contributed by atoms with Gasteiger partial charge in [-0.15, -0.1) is 0 Å². The number of phenolic OH excluding ortho intramolecular Hbond substituents is 1. The number of carbonyl (C=O) groups is 1. The van der Waals surface area contributed by atoms with Crippen LogP contribution in [0.3, 0.4) is 0 Å². The average molecular weight is 565 g/mol. The van der Waals surface area contributed by atoms with Crippen LogP contribution in [0.5, 0.6) is 5.75 Å². The summed E-state index contributed by atoms with van der Waals surface area (Å²) >= 11 is 3.46. The zero-order valence-corrected chi connectivity index (χ0v) is 20.6. The van der Waals surface area contributed by atoms with E-state index in [0.717, 1.165) is 23.8 Å². The number of nitrogens with zero attached hydrogens (tertiary/aromatic N) is 3. The van der Waals surface area contributed by atoms with Crippen molar-refractivity contribution in [3.05, 3.63) is 101 Å². The number of carbonyl (C=O) groups excluding carboxylic acids is 1. The van der Waals surface area contributed by atoms with Crippen LogP contribution in [0.1, 0.15) is 5.56 Å². The SMILES string of the molecule is O=C(Nc1cc(F)cc(F)c1)Nc1cccc(CNc2cc(-c3ccccc3O)nc3c(Br)cnn23)c1. The number of rotatable bonds is 6. The van der Waals surface area contributed by atoms with E-state index in [1.165, 1.54) is 0 Å². The van der Waals surface area contributed by atoms with E-state index in [9.17, 15) is 18.7 Å². The molecule has 0 bridgehead atoms. The van der Waals surface area contributed by atoms with Crippen LogP contribution < -0.4 is 16.0 Å². The van der Waals surface area contributed by atoms with E-state index in [4.69, 9.17) is 0 Å². The fourth-order valence-corrected chi connectivity index (χ4v) is 4.11. The molecule has 2 amide bonds. The topological polar surface area (TPSA) is 104 Å². The number of aromatic nitrogens is 3. The van der Waals surface area contributed by atoms with E-state index < -0.39 is 17.7 Å². The Morgan fingerprint density at radius 3 is 2.49 bits per heavy atom. The van der Waals surface area contributed by atoms with Gasteiger partial charge < -0.3 is 21.1 Å². The van der Waals surface area contributed by atoms with Gasteiger partial charge in [0.2, 0.25) is 0 Å². The molecule has 186 valence electrons. The third-order valence-electron chi connectivity index (χ3n) is 5.39. The number of halogens is 3. The molecule has 0 aliphatic carbocycles. The second-order valence-corrected chi connectivity index (χ2v) is 8.92. The largest absolute Gasteiger partial charge is 0.507 e. The highest BCUT2D eigenvalue weighted by Crippen LogP contribution is 2.31. The standard InChI is InChI=1S/C26H19BrF2N6O2/c27-21-14-31-35-24(12-22(34-25(21)35)20-6-1-2-7-23(20)36)30-13-15-4-3-5-18(8-15)32-26(37)33-19-10-16(28)9-17(29)11-19/h1-12,14,30,36H,13H2,(H2,32,33,37). The molecule has 2 aromatic heterocycles. The van der Waals surface area contributed by atoms with Crippen LogP contribution in [0.25, 0.3) is 16.9 Å². The van der Waals surface area contributed by atoms with E-state index in [-0.39, 0.29) is 11.4 Å². The first-order valence-corrected chi connectivity index (χ1v) is 11.8. The number of nitrogens with one attached hydrogen (secondary N) is 3. The number of amides is 2. The lowest BCUT2D eigenvalue weighted by Crippen LogP contribution is -2.19. The second-order valence-electron chi connectivity index (χ2n) is 8.06. The smallest absolute Gasteiger partial charge is 0.323 e. The van der Waals surface area contributed by atoms with E-state index in [2.05, 4.69) is 42.0 Å². The molecule has 2 heterocycles. The van der Waals surface area contributed by atoms with Crippen LogP contribution >= 0.6 is 15.9 Å². The normalized spacial score (nSPS) is 10.9.